The normalized spacial score (nSPS) is 23.8. The molecule has 2 rings (SSSR count). The van der Waals surface area contributed by atoms with Crippen molar-refractivity contribution in [1.29, 1.82) is 0 Å². The van der Waals surface area contributed by atoms with Crippen LogP contribution in [0, 0.1) is 5.92 Å². The monoisotopic (exact) mass is 279 g/mol. The molecule has 20 heavy (non-hydrogen) atoms. The number of carbonyl (C=O) groups is 2. The molecule has 0 saturated carbocycles. The Morgan fingerprint density at radius 2 is 1.95 bits per heavy atom. The van der Waals surface area contributed by atoms with Crippen molar-refractivity contribution in [2.45, 2.75) is 38.1 Å². The van der Waals surface area contributed by atoms with Gasteiger partial charge in [0.15, 0.2) is 0 Å². The molecule has 1 fully saturated rings. The molecule has 0 aromatic heterocycles. The summed E-state index contributed by atoms with van der Waals surface area (Å²) >= 11 is 0. The zero-order valence-corrected chi connectivity index (χ0v) is 12.2. The molecule has 0 spiro atoms. The van der Waals surface area contributed by atoms with E-state index in [1.165, 1.54) is 0 Å². The SMILES string of the molecule is CNC(=O)CN1CCC(NC(=O)C[C@H]2C=CCC2)CC1. The number of likely N-dealkylation sites (N-methyl/N-ethyl adjacent to an activating group) is 1. The third-order valence-electron chi connectivity index (χ3n) is 4.16. The lowest BCUT2D eigenvalue weighted by Crippen LogP contribution is -2.47. The summed E-state index contributed by atoms with van der Waals surface area (Å²) in [6.07, 6.45) is 9.02. The fraction of sp³-hybridized carbons (Fsp3) is 0.733. The topological polar surface area (TPSA) is 61.4 Å². The minimum Gasteiger partial charge on any atom is -0.358 e. The molecular formula is C15H25N3O2. The summed E-state index contributed by atoms with van der Waals surface area (Å²) in [5, 5.41) is 5.77. The average molecular weight is 279 g/mol. The van der Waals surface area contributed by atoms with Gasteiger partial charge in [0.05, 0.1) is 6.54 Å². The van der Waals surface area contributed by atoms with E-state index in [-0.39, 0.29) is 17.9 Å². The third kappa shape index (κ3) is 4.63. The second kappa shape index (κ2) is 7.43. The zero-order valence-electron chi connectivity index (χ0n) is 12.2. The third-order valence-corrected chi connectivity index (χ3v) is 4.16. The number of hydrogen-bond acceptors (Lipinski definition) is 3. The first-order chi connectivity index (χ1) is 9.67. The second-order valence-corrected chi connectivity index (χ2v) is 5.76. The molecule has 2 amide bonds. The Hall–Kier alpha value is -1.36. The quantitative estimate of drug-likeness (QED) is 0.727. The number of amides is 2. The summed E-state index contributed by atoms with van der Waals surface area (Å²) in [5.41, 5.74) is 0. The molecule has 1 heterocycles. The van der Waals surface area contributed by atoms with Crippen LogP contribution in [0.2, 0.25) is 0 Å². The van der Waals surface area contributed by atoms with Gasteiger partial charge in [-0.2, -0.15) is 0 Å². The summed E-state index contributed by atoms with van der Waals surface area (Å²) in [4.78, 5) is 25.4. The van der Waals surface area contributed by atoms with Crippen LogP contribution < -0.4 is 10.6 Å². The van der Waals surface area contributed by atoms with Crippen molar-refractivity contribution in [2.75, 3.05) is 26.7 Å². The number of piperidine rings is 1. The van der Waals surface area contributed by atoms with E-state index in [2.05, 4.69) is 27.7 Å². The standard InChI is InChI=1S/C15H25N3O2/c1-16-15(20)11-18-8-6-13(7-9-18)17-14(19)10-12-4-2-3-5-12/h2,4,12-13H,3,5-11H2,1H3,(H,16,20)(H,17,19)/t12-/m0/s1. The molecule has 0 aromatic rings. The molecule has 0 unspecified atom stereocenters. The number of allylic oxidation sites excluding steroid dienone is 2. The first-order valence-electron chi connectivity index (χ1n) is 7.56. The van der Waals surface area contributed by atoms with Crippen LogP contribution in [0.5, 0.6) is 0 Å². The van der Waals surface area contributed by atoms with Crippen LogP contribution in [0.15, 0.2) is 12.2 Å². The highest BCUT2D eigenvalue weighted by Crippen LogP contribution is 2.20. The van der Waals surface area contributed by atoms with Gasteiger partial charge in [-0.25, -0.2) is 0 Å². The second-order valence-electron chi connectivity index (χ2n) is 5.76. The van der Waals surface area contributed by atoms with Crippen LogP contribution in [0.1, 0.15) is 32.1 Å². The fourth-order valence-corrected chi connectivity index (χ4v) is 2.91. The van der Waals surface area contributed by atoms with Gasteiger partial charge in [-0.15, -0.1) is 0 Å². The Bertz CT molecular complexity index is 373. The molecular weight excluding hydrogens is 254 g/mol. The lowest BCUT2D eigenvalue weighted by atomic mass is 10.0. The number of carbonyl (C=O) groups excluding carboxylic acids is 2. The van der Waals surface area contributed by atoms with Gasteiger partial charge in [-0.05, 0) is 31.6 Å². The first kappa shape index (κ1) is 15.0. The lowest BCUT2D eigenvalue weighted by molar-refractivity contribution is -0.124. The van der Waals surface area contributed by atoms with Gasteiger partial charge in [-0.1, -0.05) is 12.2 Å². The van der Waals surface area contributed by atoms with E-state index >= 15 is 0 Å². The number of hydrogen-bond donors (Lipinski definition) is 2. The van der Waals surface area contributed by atoms with Crippen molar-refractivity contribution >= 4 is 11.8 Å². The highest BCUT2D eigenvalue weighted by atomic mass is 16.2. The maximum absolute atomic E-state index is 12.0. The molecule has 0 radical (unpaired) electrons. The minimum absolute atomic E-state index is 0.0560. The van der Waals surface area contributed by atoms with Gasteiger partial charge in [0, 0.05) is 32.6 Å². The predicted octanol–water partition coefficient (Wildman–Crippen LogP) is 0.669. The number of likely N-dealkylation sites (tertiary alicyclic amines) is 1. The average Bonchev–Trinajstić information content (AvgIpc) is 2.93. The van der Waals surface area contributed by atoms with Crippen molar-refractivity contribution in [3.05, 3.63) is 12.2 Å². The van der Waals surface area contributed by atoms with Crippen molar-refractivity contribution in [3.63, 3.8) is 0 Å². The Labute approximate surface area is 120 Å². The smallest absolute Gasteiger partial charge is 0.233 e. The van der Waals surface area contributed by atoms with Crippen LogP contribution in [0.4, 0.5) is 0 Å². The number of nitrogens with one attached hydrogen (secondary N) is 2. The van der Waals surface area contributed by atoms with Crippen LogP contribution in [0.25, 0.3) is 0 Å². The summed E-state index contributed by atoms with van der Waals surface area (Å²) in [6, 6.07) is 0.272. The molecule has 2 N–H and O–H groups in total. The first-order valence-corrected chi connectivity index (χ1v) is 7.56. The van der Waals surface area contributed by atoms with Crippen molar-refractivity contribution in [3.8, 4) is 0 Å². The summed E-state index contributed by atoms with van der Waals surface area (Å²) in [7, 11) is 1.66. The molecule has 0 aromatic carbocycles. The minimum atomic E-state index is 0.0560. The highest BCUT2D eigenvalue weighted by Gasteiger charge is 2.22. The predicted molar refractivity (Wildman–Crippen MR) is 78.2 cm³/mol. The van der Waals surface area contributed by atoms with E-state index in [4.69, 9.17) is 0 Å². The molecule has 5 nitrogen and oxygen atoms in total. The van der Waals surface area contributed by atoms with E-state index in [0.717, 1.165) is 38.8 Å². The van der Waals surface area contributed by atoms with Crippen LogP contribution in [-0.2, 0) is 9.59 Å². The van der Waals surface area contributed by atoms with Gasteiger partial charge in [0.2, 0.25) is 11.8 Å². The summed E-state index contributed by atoms with van der Waals surface area (Å²) < 4.78 is 0. The summed E-state index contributed by atoms with van der Waals surface area (Å²) in [5.74, 6) is 0.662. The molecule has 5 heteroatoms. The maximum Gasteiger partial charge on any atom is 0.233 e. The molecule has 1 aliphatic carbocycles. The Morgan fingerprint density at radius 3 is 2.55 bits per heavy atom. The van der Waals surface area contributed by atoms with Crippen LogP contribution in [0.3, 0.4) is 0 Å². The van der Waals surface area contributed by atoms with E-state index < -0.39 is 0 Å². The molecule has 2 aliphatic rings. The van der Waals surface area contributed by atoms with Crippen molar-refractivity contribution in [2.24, 2.45) is 5.92 Å². The zero-order chi connectivity index (χ0) is 14.4. The molecule has 1 saturated heterocycles. The van der Waals surface area contributed by atoms with Gasteiger partial charge in [0.25, 0.3) is 0 Å². The number of rotatable bonds is 5. The summed E-state index contributed by atoms with van der Waals surface area (Å²) in [6.45, 7) is 2.22. The van der Waals surface area contributed by atoms with Gasteiger partial charge in [-0.3, -0.25) is 14.5 Å². The Kier molecular flexibility index (Phi) is 5.59. The van der Waals surface area contributed by atoms with E-state index in [0.29, 0.717) is 18.9 Å². The molecule has 1 aliphatic heterocycles. The molecule has 1 atom stereocenters. The molecule has 112 valence electrons. The van der Waals surface area contributed by atoms with Crippen molar-refractivity contribution < 1.29 is 9.59 Å². The van der Waals surface area contributed by atoms with Crippen molar-refractivity contribution in [1.82, 2.24) is 15.5 Å². The fourth-order valence-electron chi connectivity index (χ4n) is 2.91. The van der Waals surface area contributed by atoms with Gasteiger partial charge >= 0.3 is 0 Å². The Balaban J connectivity index is 1.64. The van der Waals surface area contributed by atoms with E-state index in [1.807, 2.05) is 0 Å². The largest absolute Gasteiger partial charge is 0.358 e. The van der Waals surface area contributed by atoms with Crippen LogP contribution >= 0.6 is 0 Å². The van der Waals surface area contributed by atoms with E-state index in [1.54, 1.807) is 7.05 Å². The van der Waals surface area contributed by atoms with Gasteiger partial charge in [0.1, 0.15) is 0 Å². The number of nitrogens with zero attached hydrogens (tertiary/aromatic N) is 1. The Morgan fingerprint density at radius 1 is 1.20 bits per heavy atom. The lowest BCUT2D eigenvalue weighted by Gasteiger charge is -2.31. The van der Waals surface area contributed by atoms with Gasteiger partial charge < -0.3 is 10.6 Å². The highest BCUT2D eigenvalue weighted by molar-refractivity contribution is 5.78. The maximum atomic E-state index is 12.0. The van der Waals surface area contributed by atoms with E-state index in [9.17, 15) is 9.59 Å². The molecule has 0 bridgehead atoms. The van der Waals surface area contributed by atoms with Crippen LogP contribution in [-0.4, -0.2) is 49.4 Å².